The first kappa shape index (κ1) is 16.9. The highest BCUT2D eigenvalue weighted by molar-refractivity contribution is 7.81. The van der Waals surface area contributed by atoms with Crippen LogP contribution in [-0.2, 0) is 25.4 Å². The van der Waals surface area contributed by atoms with E-state index in [1.807, 2.05) is 0 Å². The van der Waals surface area contributed by atoms with Crippen LogP contribution < -0.4 is 0 Å². The second-order valence-corrected chi connectivity index (χ2v) is 7.03. The van der Waals surface area contributed by atoms with Crippen LogP contribution in [-0.4, -0.2) is 50.0 Å². The molecule has 0 bridgehead atoms. The SMILES string of the molecule is C=C(C(=O)OCC)C1=C(C)C(=O)N(CC2(S(=O)[O-])CC2)CC1. The molecule has 1 atom stereocenters. The van der Waals surface area contributed by atoms with E-state index in [2.05, 4.69) is 6.58 Å². The fourth-order valence-electron chi connectivity index (χ4n) is 2.64. The van der Waals surface area contributed by atoms with Gasteiger partial charge in [0.25, 0.3) is 0 Å². The normalized spacial score (nSPS) is 21.6. The summed E-state index contributed by atoms with van der Waals surface area (Å²) in [5, 5.41) is 0. The number of ether oxygens (including phenoxy) is 1. The van der Waals surface area contributed by atoms with E-state index in [0.29, 0.717) is 37.0 Å². The van der Waals surface area contributed by atoms with Crippen molar-refractivity contribution in [3.63, 3.8) is 0 Å². The number of carbonyl (C=O) groups excluding carboxylic acids is 2. The molecule has 2 rings (SSSR count). The van der Waals surface area contributed by atoms with Crippen LogP contribution in [0.3, 0.4) is 0 Å². The zero-order valence-corrected chi connectivity index (χ0v) is 13.7. The van der Waals surface area contributed by atoms with Crippen LogP contribution in [0.2, 0.25) is 0 Å². The predicted octanol–water partition coefficient (Wildman–Crippen LogP) is 1.07. The number of hydrogen-bond acceptors (Lipinski definition) is 5. The number of carbonyl (C=O) groups is 2. The van der Waals surface area contributed by atoms with Crippen molar-refractivity contribution in [1.82, 2.24) is 4.90 Å². The second kappa shape index (κ2) is 6.34. The van der Waals surface area contributed by atoms with Crippen molar-refractivity contribution in [1.29, 1.82) is 0 Å². The maximum atomic E-state index is 12.4. The Morgan fingerprint density at radius 2 is 2.14 bits per heavy atom. The molecule has 1 aliphatic heterocycles. The standard InChI is InChI=1S/C15H21NO5S/c1-4-21-14(18)11(3)12-5-8-16(13(17)10(12)2)9-15(6-7-15)22(19)20/h3-9H2,1-2H3,(H,19,20)/p-1. The minimum atomic E-state index is -2.17. The molecule has 1 aliphatic carbocycles. The van der Waals surface area contributed by atoms with Gasteiger partial charge in [-0.3, -0.25) is 9.00 Å². The highest BCUT2D eigenvalue weighted by Crippen LogP contribution is 2.42. The van der Waals surface area contributed by atoms with Crippen molar-refractivity contribution >= 4 is 23.0 Å². The summed E-state index contributed by atoms with van der Waals surface area (Å²) in [5.74, 6) is -0.749. The number of nitrogens with zero attached hydrogens (tertiary/aromatic N) is 1. The summed E-state index contributed by atoms with van der Waals surface area (Å²) in [6.45, 7) is 7.93. The molecular weight excluding hydrogens is 306 g/mol. The zero-order valence-electron chi connectivity index (χ0n) is 12.8. The average Bonchev–Trinajstić information content (AvgIpc) is 3.25. The van der Waals surface area contributed by atoms with Crippen LogP contribution >= 0.6 is 0 Å². The largest absolute Gasteiger partial charge is 0.772 e. The van der Waals surface area contributed by atoms with Gasteiger partial charge in [0.05, 0.1) is 16.9 Å². The molecule has 0 radical (unpaired) electrons. The Morgan fingerprint density at radius 1 is 1.50 bits per heavy atom. The van der Waals surface area contributed by atoms with Crippen molar-refractivity contribution < 1.29 is 23.1 Å². The highest BCUT2D eigenvalue weighted by Gasteiger charge is 2.47. The van der Waals surface area contributed by atoms with Crippen molar-refractivity contribution in [2.75, 3.05) is 19.7 Å². The van der Waals surface area contributed by atoms with Crippen LogP contribution in [0.5, 0.6) is 0 Å². The van der Waals surface area contributed by atoms with E-state index in [9.17, 15) is 18.4 Å². The molecule has 1 saturated carbocycles. The lowest BCUT2D eigenvalue weighted by molar-refractivity contribution is -0.138. The van der Waals surface area contributed by atoms with Crippen molar-refractivity contribution in [2.45, 2.75) is 37.9 Å². The summed E-state index contributed by atoms with van der Waals surface area (Å²) in [6, 6.07) is 0. The second-order valence-electron chi connectivity index (χ2n) is 5.70. The number of rotatable bonds is 6. The van der Waals surface area contributed by atoms with Crippen LogP contribution in [0.4, 0.5) is 0 Å². The minimum Gasteiger partial charge on any atom is -0.772 e. The quantitative estimate of drug-likeness (QED) is 0.414. The average molecular weight is 326 g/mol. The van der Waals surface area contributed by atoms with Gasteiger partial charge in [-0.15, -0.1) is 0 Å². The Kier molecular flexibility index (Phi) is 4.87. The maximum absolute atomic E-state index is 12.4. The topological polar surface area (TPSA) is 86.7 Å². The molecule has 0 aromatic carbocycles. The predicted molar refractivity (Wildman–Crippen MR) is 80.6 cm³/mol. The molecule has 1 unspecified atom stereocenters. The third-order valence-electron chi connectivity index (χ3n) is 4.22. The maximum Gasteiger partial charge on any atom is 0.337 e. The molecule has 0 saturated heterocycles. The van der Waals surface area contributed by atoms with Crippen molar-refractivity contribution in [3.05, 3.63) is 23.3 Å². The van der Waals surface area contributed by atoms with Gasteiger partial charge >= 0.3 is 5.97 Å². The zero-order chi connectivity index (χ0) is 16.5. The molecular formula is C15H20NO5S-. The molecule has 122 valence electrons. The van der Waals surface area contributed by atoms with Crippen molar-refractivity contribution in [3.8, 4) is 0 Å². The molecule has 1 heterocycles. The smallest absolute Gasteiger partial charge is 0.337 e. The molecule has 22 heavy (non-hydrogen) atoms. The van der Waals surface area contributed by atoms with Crippen LogP contribution in [0.15, 0.2) is 23.3 Å². The van der Waals surface area contributed by atoms with E-state index < -0.39 is 21.8 Å². The lowest BCUT2D eigenvalue weighted by Gasteiger charge is -2.33. The summed E-state index contributed by atoms with van der Waals surface area (Å²) < 4.78 is 26.6. The summed E-state index contributed by atoms with van der Waals surface area (Å²) >= 11 is -2.17. The molecule has 1 amide bonds. The first-order chi connectivity index (χ1) is 10.3. The van der Waals surface area contributed by atoms with Crippen molar-refractivity contribution in [2.24, 2.45) is 0 Å². The molecule has 1 fully saturated rings. The van der Waals surface area contributed by atoms with E-state index in [4.69, 9.17) is 4.74 Å². The van der Waals surface area contributed by atoms with Crippen LogP contribution in [0, 0.1) is 0 Å². The van der Waals surface area contributed by atoms with Crippen LogP contribution in [0.25, 0.3) is 0 Å². The molecule has 6 nitrogen and oxygen atoms in total. The Balaban J connectivity index is 2.12. The van der Waals surface area contributed by atoms with Gasteiger partial charge < -0.3 is 14.2 Å². The molecule has 2 aliphatic rings. The molecule has 7 heteroatoms. The molecule has 0 aromatic rings. The van der Waals surface area contributed by atoms with Gasteiger partial charge in [-0.25, -0.2) is 4.79 Å². The lowest BCUT2D eigenvalue weighted by Crippen LogP contribution is -2.44. The van der Waals surface area contributed by atoms with E-state index >= 15 is 0 Å². The first-order valence-corrected chi connectivity index (χ1v) is 8.34. The van der Waals surface area contributed by atoms with Gasteiger partial charge in [0.1, 0.15) is 0 Å². The van der Waals surface area contributed by atoms with Crippen LogP contribution in [0.1, 0.15) is 33.1 Å². The summed E-state index contributed by atoms with van der Waals surface area (Å²) in [4.78, 5) is 25.7. The Labute approximate surface area is 132 Å². The summed E-state index contributed by atoms with van der Waals surface area (Å²) in [7, 11) is 0. The van der Waals surface area contributed by atoms with Gasteiger partial charge in [-0.1, -0.05) is 6.58 Å². The third-order valence-corrected chi connectivity index (χ3v) is 5.46. The fourth-order valence-corrected chi connectivity index (χ4v) is 3.33. The monoisotopic (exact) mass is 326 g/mol. The lowest BCUT2D eigenvalue weighted by atomic mass is 9.94. The first-order valence-electron chi connectivity index (χ1n) is 7.27. The van der Waals surface area contributed by atoms with Gasteiger partial charge in [0, 0.05) is 18.7 Å². The Morgan fingerprint density at radius 3 is 2.64 bits per heavy atom. The van der Waals surface area contributed by atoms with E-state index in [1.54, 1.807) is 18.7 Å². The molecule has 0 aromatic heterocycles. The van der Waals surface area contributed by atoms with Gasteiger partial charge in [-0.05, 0) is 49.8 Å². The summed E-state index contributed by atoms with van der Waals surface area (Å²) in [6.07, 6.45) is 1.67. The van der Waals surface area contributed by atoms with E-state index in [-0.39, 0.29) is 24.6 Å². The van der Waals surface area contributed by atoms with Gasteiger partial charge in [0.2, 0.25) is 5.91 Å². The van der Waals surface area contributed by atoms with Gasteiger partial charge in [0.15, 0.2) is 0 Å². The number of esters is 1. The highest BCUT2D eigenvalue weighted by atomic mass is 32.2. The molecule has 0 spiro atoms. The number of amides is 1. The molecule has 0 N–H and O–H groups in total. The summed E-state index contributed by atoms with van der Waals surface area (Å²) in [5.41, 5.74) is 1.26. The third kappa shape index (κ3) is 3.15. The Bertz CT molecular complexity index is 576. The fraction of sp³-hybridized carbons (Fsp3) is 0.600. The van der Waals surface area contributed by atoms with Gasteiger partial charge in [-0.2, -0.15) is 0 Å². The Hall–Kier alpha value is -1.47. The van der Waals surface area contributed by atoms with E-state index in [1.165, 1.54) is 0 Å². The number of hydrogen-bond donors (Lipinski definition) is 0. The van der Waals surface area contributed by atoms with E-state index in [0.717, 1.165) is 0 Å². The minimum absolute atomic E-state index is 0.209.